The third-order valence-electron chi connectivity index (χ3n) is 4.81. The van der Waals surface area contributed by atoms with Crippen molar-refractivity contribution in [1.82, 2.24) is 5.32 Å². The molecule has 1 saturated carbocycles. The zero-order valence-corrected chi connectivity index (χ0v) is 12.9. The maximum absolute atomic E-state index is 5.12. The van der Waals surface area contributed by atoms with Crippen molar-refractivity contribution in [2.24, 2.45) is 17.8 Å². The topological polar surface area (TPSA) is 21.3 Å². The fraction of sp³-hybridized carbons (Fsp3) is 1.00. The molecule has 0 aromatic carbocycles. The molecular weight excluding hydrogens is 222 g/mol. The van der Waals surface area contributed by atoms with Crippen LogP contribution in [0.2, 0.25) is 0 Å². The van der Waals surface area contributed by atoms with Gasteiger partial charge in [0.25, 0.3) is 0 Å². The lowest BCUT2D eigenvalue weighted by Crippen LogP contribution is -2.36. The summed E-state index contributed by atoms with van der Waals surface area (Å²) in [5.41, 5.74) is 0. The van der Waals surface area contributed by atoms with E-state index >= 15 is 0 Å². The van der Waals surface area contributed by atoms with Gasteiger partial charge in [-0.2, -0.15) is 0 Å². The van der Waals surface area contributed by atoms with E-state index in [0.29, 0.717) is 0 Å². The number of unbranched alkanes of at least 4 members (excludes halogenated alkanes) is 1. The lowest BCUT2D eigenvalue weighted by molar-refractivity contribution is 0.174. The highest BCUT2D eigenvalue weighted by molar-refractivity contribution is 4.82. The molecule has 0 aromatic rings. The summed E-state index contributed by atoms with van der Waals surface area (Å²) in [5.74, 6) is 2.76. The van der Waals surface area contributed by atoms with Gasteiger partial charge >= 0.3 is 0 Å². The van der Waals surface area contributed by atoms with Gasteiger partial charge in [0.2, 0.25) is 0 Å². The minimum absolute atomic E-state index is 0.731. The summed E-state index contributed by atoms with van der Waals surface area (Å²) in [6.07, 6.45) is 9.56. The summed E-state index contributed by atoms with van der Waals surface area (Å²) >= 11 is 0. The molecule has 0 aromatic heterocycles. The third-order valence-corrected chi connectivity index (χ3v) is 4.81. The summed E-state index contributed by atoms with van der Waals surface area (Å²) in [5, 5.41) is 3.55. The molecule has 1 fully saturated rings. The van der Waals surface area contributed by atoms with Gasteiger partial charge in [0.05, 0.1) is 0 Å². The first-order valence-electron chi connectivity index (χ1n) is 7.85. The SMILES string of the molecule is CNC(CCCCOC)C1CCC(C(C)C)CC1. The number of rotatable bonds is 8. The molecule has 1 N–H and O–H groups in total. The van der Waals surface area contributed by atoms with Crippen LogP contribution in [-0.2, 0) is 4.74 Å². The van der Waals surface area contributed by atoms with E-state index in [0.717, 1.165) is 30.4 Å². The van der Waals surface area contributed by atoms with Crippen LogP contribution in [0.4, 0.5) is 0 Å². The van der Waals surface area contributed by atoms with Gasteiger partial charge in [-0.3, -0.25) is 0 Å². The second-order valence-electron chi connectivity index (χ2n) is 6.30. The van der Waals surface area contributed by atoms with Crippen molar-refractivity contribution in [3.05, 3.63) is 0 Å². The maximum Gasteiger partial charge on any atom is 0.0462 e. The van der Waals surface area contributed by atoms with E-state index in [-0.39, 0.29) is 0 Å². The lowest BCUT2D eigenvalue weighted by Gasteiger charge is -2.35. The molecule has 0 spiro atoms. The van der Waals surface area contributed by atoms with E-state index in [2.05, 4.69) is 26.2 Å². The molecule has 1 aliphatic rings. The molecule has 18 heavy (non-hydrogen) atoms. The molecule has 1 aliphatic carbocycles. The molecule has 0 aliphatic heterocycles. The number of hydrogen-bond donors (Lipinski definition) is 1. The van der Waals surface area contributed by atoms with E-state index < -0.39 is 0 Å². The van der Waals surface area contributed by atoms with Crippen molar-refractivity contribution in [2.75, 3.05) is 20.8 Å². The highest BCUT2D eigenvalue weighted by Crippen LogP contribution is 2.35. The van der Waals surface area contributed by atoms with E-state index in [1.165, 1.54) is 44.9 Å². The second-order valence-corrected chi connectivity index (χ2v) is 6.30. The van der Waals surface area contributed by atoms with Gasteiger partial charge < -0.3 is 10.1 Å². The Morgan fingerprint density at radius 1 is 1.06 bits per heavy atom. The molecule has 0 radical (unpaired) electrons. The first kappa shape index (κ1) is 16.0. The molecule has 0 amide bonds. The number of ether oxygens (including phenoxy) is 1. The number of hydrogen-bond acceptors (Lipinski definition) is 2. The Bertz CT molecular complexity index is 197. The average Bonchev–Trinajstić information content (AvgIpc) is 2.39. The Labute approximate surface area is 114 Å². The first-order chi connectivity index (χ1) is 8.69. The van der Waals surface area contributed by atoms with Crippen LogP contribution >= 0.6 is 0 Å². The van der Waals surface area contributed by atoms with Crippen molar-refractivity contribution in [3.63, 3.8) is 0 Å². The van der Waals surface area contributed by atoms with Crippen LogP contribution in [-0.4, -0.2) is 26.8 Å². The highest BCUT2D eigenvalue weighted by atomic mass is 16.5. The van der Waals surface area contributed by atoms with Gasteiger partial charge in [-0.1, -0.05) is 13.8 Å². The molecule has 1 atom stereocenters. The van der Waals surface area contributed by atoms with Crippen LogP contribution in [0.25, 0.3) is 0 Å². The lowest BCUT2D eigenvalue weighted by atomic mass is 9.74. The Balaban J connectivity index is 2.25. The molecule has 2 nitrogen and oxygen atoms in total. The summed E-state index contributed by atoms with van der Waals surface area (Å²) in [6.45, 7) is 5.67. The molecule has 108 valence electrons. The molecule has 1 rings (SSSR count). The summed E-state index contributed by atoms with van der Waals surface area (Å²) < 4.78 is 5.12. The van der Waals surface area contributed by atoms with Crippen LogP contribution in [0.1, 0.15) is 58.8 Å². The normalized spacial score (nSPS) is 26.5. The molecule has 0 saturated heterocycles. The molecular formula is C16H33NO. The summed E-state index contributed by atoms with van der Waals surface area (Å²) in [4.78, 5) is 0. The Kier molecular flexibility index (Phi) is 7.92. The maximum atomic E-state index is 5.12. The Morgan fingerprint density at radius 2 is 1.67 bits per heavy atom. The van der Waals surface area contributed by atoms with Crippen LogP contribution in [0.3, 0.4) is 0 Å². The largest absolute Gasteiger partial charge is 0.385 e. The number of nitrogens with one attached hydrogen (secondary N) is 1. The van der Waals surface area contributed by atoms with Gasteiger partial charge in [-0.25, -0.2) is 0 Å². The molecule has 0 heterocycles. The van der Waals surface area contributed by atoms with Gasteiger partial charge in [0.1, 0.15) is 0 Å². The van der Waals surface area contributed by atoms with E-state index in [9.17, 15) is 0 Å². The van der Waals surface area contributed by atoms with E-state index in [1.54, 1.807) is 7.11 Å². The van der Waals surface area contributed by atoms with Crippen LogP contribution in [0.5, 0.6) is 0 Å². The Hall–Kier alpha value is -0.0800. The number of methoxy groups -OCH3 is 1. The zero-order valence-electron chi connectivity index (χ0n) is 12.9. The van der Waals surface area contributed by atoms with Gasteiger partial charge in [-0.15, -0.1) is 0 Å². The highest BCUT2D eigenvalue weighted by Gasteiger charge is 2.27. The van der Waals surface area contributed by atoms with Crippen molar-refractivity contribution < 1.29 is 4.74 Å². The van der Waals surface area contributed by atoms with Crippen LogP contribution < -0.4 is 5.32 Å². The monoisotopic (exact) mass is 255 g/mol. The third kappa shape index (κ3) is 5.27. The van der Waals surface area contributed by atoms with Crippen molar-refractivity contribution in [2.45, 2.75) is 64.8 Å². The van der Waals surface area contributed by atoms with Crippen molar-refractivity contribution in [3.8, 4) is 0 Å². The first-order valence-corrected chi connectivity index (χ1v) is 7.85. The molecule has 0 bridgehead atoms. The minimum atomic E-state index is 0.731. The van der Waals surface area contributed by atoms with Gasteiger partial charge in [-0.05, 0) is 69.7 Å². The second kappa shape index (κ2) is 8.92. The smallest absolute Gasteiger partial charge is 0.0462 e. The predicted molar refractivity (Wildman–Crippen MR) is 78.9 cm³/mol. The van der Waals surface area contributed by atoms with Crippen LogP contribution in [0, 0.1) is 17.8 Å². The Morgan fingerprint density at radius 3 is 2.17 bits per heavy atom. The summed E-state index contributed by atoms with van der Waals surface area (Å²) in [6, 6.07) is 0.731. The molecule has 2 heteroatoms. The van der Waals surface area contributed by atoms with E-state index in [4.69, 9.17) is 4.74 Å². The summed E-state index contributed by atoms with van der Waals surface area (Å²) in [7, 11) is 3.93. The zero-order chi connectivity index (χ0) is 13.4. The van der Waals surface area contributed by atoms with Gasteiger partial charge in [0, 0.05) is 19.8 Å². The van der Waals surface area contributed by atoms with E-state index in [1.807, 2.05) is 0 Å². The molecule has 1 unspecified atom stereocenters. The van der Waals surface area contributed by atoms with Gasteiger partial charge in [0.15, 0.2) is 0 Å². The average molecular weight is 255 g/mol. The van der Waals surface area contributed by atoms with Crippen molar-refractivity contribution >= 4 is 0 Å². The minimum Gasteiger partial charge on any atom is -0.385 e. The fourth-order valence-electron chi connectivity index (χ4n) is 3.44. The standard InChI is InChI=1S/C16H33NO/c1-13(2)14-8-10-15(11-9-14)16(17-3)7-5-6-12-18-4/h13-17H,5-12H2,1-4H3. The van der Waals surface area contributed by atoms with Crippen molar-refractivity contribution in [1.29, 1.82) is 0 Å². The quantitative estimate of drug-likeness (QED) is 0.665. The van der Waals surface area contributed by atoms with Crippen LogP contribution in [0.15, 0.2) is 0 Å². The fourth-order valence-corrected chi connectivity index (χ4v) is 3.44. The predicted octanol–water partition coefficient (Wildman–Crippen LogP) is 3.85.